The number of hydrogen-bond donors (Lipinski definition) is 0. The molecule has 29 heavy (non-hydrogen) atoms. The van der Waals surface area contributed by atoms with Gasteiger partial charge in [-0.15, -0.1) is 11.8 Å². The Kier molecular flexibility index (Phi) is 8.09. The standard InChI is InChI=1S/C22H27ClN2O3S/c1-27-20-8-3-17(15-21(20)28-2)16-24-10-12-25(13-11-24)22(26)9-14-29-19-6-4-18(23)5-7-19/h3-8,15H,9-14,16H2,1-2H3. The van der Waals surface area contributed by atoms with Gasteiger partial charge in [0.25, 0.3) is 0 Å². The number of piperazine rings is 1. The Labute approximate surface area is 181 Å². The molecule has 0 spiro atoms. The fraction of sp³-hybridized carbons (Fsp3) is 0.409. The predicted molar refractivity (Wildman–Crippen MR) is 118 cm³/mol. The van der Waals surface area contributed by atoms with Crippen LogP contribution >= 0.6 is 23.4 Å². The lowest BCUT2D eigenvalue weighted by atomic mass is 10.1. The third kappa shape index (κ3) is 6.29. The number of ether oxygens (including phenoxy) is 2. The van der Waals surface area contributed by atoms with E-state index in [1.807, 2.05) is 41.3 Å². The van der Waals surface area contributed by atoms with Gasteiger partial charge in [0, 0.05) is 54.8 Å². The first-order valence-electron chi connectivity index (χ1n) is 9.68. The van der Waals surface area contributed by atoms with Crippen molar-refractivity contribution in [2.75, 3.05) is 46.2 Å². The predicted octanol–water partition coefficient (Wildman–Crippen LogP) is 4.18. The van der Waals surface area contributed by atoms with Crippen LogP contribution in [0.15, 0.2) is 47.4 Å². The van der Waals surface area contributed by atoms with Crippen molar-refractivity contribution < 1.29 is 14.3 Å². The molecule has 5 nitrogen and oxygen atoms in total. The van der Waals surface area contributed by atoms with Crippen LogP contribution in [0.2, 0.25) is 5.02 Å². The number of benzene rings is 2. The summed E-state index contributed by atoms with van der Waals surface area (Å²) in [6, 6.07) is 13.8. The van der Waals surface area contributed by atoms with E-state index in [1.165, 1.54) is 5.56 Å². The summed E-state index contributed by atoms with van der Waals surface area (Å²) in [6.45, 7) is 4.15. The normalized spacial score (nSPS) is 14.7. The lowest BCUT2D eigenvalue weighted by Gasteiger charge is -2.35. The van der Waals surface area contributed by atoms with E-state index in [1.54, 1.807) is 26.0 Å². The van der Waals surface area contributed by atoms with Crippen molar-refractivity contribution in [2.24, 2.45) is 0 Å². The highest BCUT2D eigenvalue weighted by Gasteiger charge is 2.21. The van der Waals surface area contributed by atoms with Gasteiger partial charge < -0.3 is 14.4 Å². The number of halogens is 1. The Morgan fingerprint density at radius 2 is 1.69 bits per heavy atom. The van der Waals surface area contributed by atoms with Crippen molar-refractivity contribution in [3.8, 4) is 11.5 Å². The number of rotatable bonds is 8. The fourth-order valence-electron chi connectivity index (χ4n) is 3.34. The summed E-state index contributed by atoms with van der Waals surface area (Å²) in [5.41, 5.74) is 1.18. The molecular formula is C22H27ClN2O3S. The van der Waals surface area contributed by atoms with Crippen LogP contribution in [0, 0.1) is 0 Å². The number of nitrogens with zero attached hydrogens (tertiary/aromatic N) is 2. The van der Waals surface area contributed by atoms with Crippen LogP contribution in [0.1, 0.15) is 12.0 Å². The molecule has 1 aliphatic rings. The van der Waals surface area contributed by atoms with E-state index in [4.69, 9.17) is 21.1 Å². The second-order valence-electron chi connectivity index (χ2n) is 6.90. The van der Waals surface area contributed by atoms with Crippen LogP contribution in [0.5, 0.6) is 11.5 Å². The smallest absolute Gasteiger partial charge is 0.223 e. The average molecular weight is 435 g/mol. The van der Waals surface area contributed by atoms with E-state index in [0.29, 0.717) is 6.42 Å². The second kappa shape index (κ2) is 10.8. The Balaban J connectivity index is 1.41. The summed E-state index contributed by atoms with van der Waals surface area (Å²) in [4.78, 5) is 18.0. The maximum absolute atomic E-state index is 12.5. The van der Waals surface area contributed by atoms with Gasteiger partial charge in [0.15, 0.2) is 11.5 Å². The van der Waals surface area contributed by atoms with Gasteiger partial charge in [-0.1, -0.05) is 17.7 Å². The minimum atomic E-state index is 0.234. The zero-order valence-electron chi connectivity index (χ0n) is 16.9. The SMILES string of the molecule is COc1ccc(CN2CCN(C(=O)CCSc3ccc(Cl)cc3)CC2)cc1OC. The molecule has 2 aromatic carbocycles. The van der Waals surface area contributed by atoms with Gasteiger partial charge in [-0.3, -0.25) is 9.69 Å². The monoisotopic (exact) mass is 434 g/mol. The zero-order valence-corrected chi connectivity index (χ0v) is 18.5. The summed E-state index contributed by atoms with van der Waals surface area (Å²) < 4.78 is 10.7. The molecule has 0 saturated carbocycles. The first kappa shape index (κ1) is 21.8. The molecular weight excluding hydrogens is 408 g/mol. The zero-order chi connectivity index (χ0) is 20.6. The molecule has 1 amide bonds. The summed E-state index contributed by atoms with van der Waals surface area (Å²) in [7, 11) is 3.29. The molecule has 0 N–H and O–H groups in total. The molecule has 0 bridgehead atoms. The molecule has 1 aliphatic heterocycles. The molecule has 0 radical (unpaired) electrons. The molecule has 3 rings (SSSR count). The molecule has 0 aliphatic carbocycles. The van der Waals surface area contributed by atoms with Crippen molar-refractivity contribution >= 4 is 29.3 Å². The van der Waals surface area contributed by atoms with Gasteiger partial charge in [0.05, 0.1) is 14.2 Å². The second-order valence-corrected chi connectivity index (χ2v) is 8.50. The average Bonchev–Trinajstić information content (AvgIpc) is 2.75. The molecule has 156 valence electrons. The highest BCUT2D eigenvalue weighted by molar-refractivity contribution is 7.99. The lowest BCUT2D eigenvalue weighted by Crippen LogP contribution is -2.48. The number of carbonyl (C=O) groups excluding carboxylic acids is 1. The van der Waals surface area contributed by atoms with Crippen LogP contribution in [-0.4, -0.2) is 61.9 Å². The van der Waals surface area contributed by atoms with Crippen molar-refractivity contribution in [2.45, 2.75) is 17.9 Å². The molecule has 1 saturated heterocycles. The van der Waals surface area contributed by atoms with Gasteiger partial charge in [0.2, 0.25) is 5.91 Å². The van der Waals surface area contributed by atoms with Crippen LogP contribution in [0.4, 0.5) is 0 Å². The van der Waals surface area contributed by atoms with Crippen molar-refractivity contribution in [1.29, 1.82) is 0 Å². The van der Waals surface area contributed by atoms with E-state index in [-0.39, 0.29) is 5.91 Å². The first-order valence-corrected chi connectivity index (χ1v) is 11.0. The molecule has 1 fully saturated rings. The van der Waals surface area contributed by atoms with Gasteiger partial charge in [-0.05, 0) is 42.0 Å². The quantitative estimate of drug-likeness (QED) is 0.583. The number of thioether (sulfide) groups is 1. The van der Waals surface area contributed by atoms with Crippen molar-refractivity contribution in [3.63, 3.8) is 0 Å². The van der Waals surface area contributed by atoms with Crippen LogP contribution in [0.3, 0.4) is 0 Å². The van der Waals surface area contributed by atoms with E-state index in [9.17, 15) is 4.79 Å². The van der Waals surface area contributed by atoms with Crippen LogP contribution in [-0.2, 0) is 11.3 Å². The third-order valence-electron chi connectivity index (χ3n) is 4.98. The van der Waals surface area contributed by atoms with Crippen molar-refractivity contribution in [3.05, 3.63) is 53.1 Å². The third-order valence-corrected chi connectivity index (χ3v) is 6.24. The Bertz CT molecular complexity index is 808. The first-order chi connectivity index (χ1) is 14.1. The summed E-state index contributed by atoms with van der Waals surface area (Å²) >= 11 is 7.59. The Morgan fingerprint density at radius 1 is 1.00 bits per heavy atom. The number of carbonyl (C=O) groups is 1. The maximum atomic E-state index is 12.5. The number of methoxy groups -OCH3 is 2. The maximum Gasteiger partial charge on any atom is 0.223 e. The Hall–Kier alpha value is -1.89. The molecule has 0 aromatic heterocycles. The van der Waals surface area contributed by atoms with Crippen molar-refractivity contribution in [1.82, 2.24) is 9.80 Å². The Morgan fingerprint density at radius 3 is 2.34 bits per heavy atom. The van der Waals surface area contributed by atoms with E-state index < -0.39 is 0 Å². The topological polar surface area (TPSA) is 42.0 Å². The minimum Gasteiger partial charge on any atom is -0.493 e. The van der Waals surface area contributed by atoms with Gasteiger partial charge in [-0.2, -0.15) is 0 Å². The summed E-state index contributed by atoms with van der Waals surface area (Å²) in [5.74, 6) is 2.50. The fourth-order valence-corrected chi connectivity index (χ4v) is 4.30. The molecule has 7 heteroatoms. The van der Waals surface area contributed by atoms with Crippen LogP contribution < -0.4 is 9.47 Å². The number of hydrogen-bond acceptors (Lipinski definition) is 5. The largest absolute Gasteiger partial charge is 0.493 e. The van der Waals surface area contributed by atoms with Gasteiger partial charge in [-0.25, -0.2) is 0 Å². The van der Waals surface area contributed by atoms with E-state index in [0.717, 1.165) is 59.9 Å². The minimum absolute atomic E-state index is 0.234. The molecule has 0 atom stereocenters. The van der Waals surface area contributed by atoms with E-state index in [2.05, 4.69) is 11.0 Å². The number of amides is 1. The summed E-state index contributed by atoms with van der Waals surface area (Å²) in [5, 5.41) is 0.733. The molecule has 2 aromatic rings. The highest BCUT2D eigenvalue weighted by Crippen LogP contribution is 2.28. The highest BCUT2D eigenvalue weighted by atomic mass is 35.5. The van der Waals surface area contributed by atoms with E-state index >= 15 is 0 Å². The van der Waals surface area contributed by atoms with Gasteiger partial charge in [0.1, 0.15) is 0 Å². The lowest BCUT2D eigenvalue weighted by molar-refractivity contribution is -0.132. The molecule has 1 heterocycles. The van der Waals surface area contributed by atoms with Crippen LogP contribution in [0.25, 0.3) is 0 Å². The molecule has 0 unspecified atom stereocenters. The summed E-state index contributed by atoms with van der Waals surface area (Å²) in [6.07, 6.45) is 0.559. The van der Waals surface area contributed by atoms with Gasteiger partial charge >= 0.3 is 0 Å².